The maximum absolute atomic E-state index is 12.9. The van der Waals surface area contributed by atoms with Crippen molar-refractivity contribution in [2.75, 3.05) is 5.32 Å². The molecule has 2 aromatic carbocycles. The number of nitrogens with one attached hydrogen (secondary N) is 1. The Kier molecular flexibility index (Phi) is 5.32. The summed E-state index contributed by atoms with van der Waals surface area (Å²) < 4.78 is 24.1. The molecule has 0 aliphatic heterocycles. The number of nitrogens with zero attached hydrogens (tertiary/aromatic N) is 2. The molecule has 140 valence electrons. The van der Waals surface area contributed by atoms with Crippen LogP contribution in [-0.2, 0) is 14.6 Å². The molecule has 0 bridgehead atoms. The topological polar surface area (TPSA) is 89.0 Å². The first-order valence-electron chi connectivity index (χ1n) is 7.92. The fraction of sp³-hybridized carbons (Fsp3) is 0.167. The Morgan fingerprint density at radius 2 is 1.67 bits per heavy atom. The molecule has 0 spiro atoms. The molecular formula is C18H16ClN3O3S2. The van der Waals surface area contributed by atoms with E-state index in [9.17, 15) is 13.2 Å². The van der Waals surface area contributed by atoms with Crippen LogP contribution in [0.5, 0.6) is 0 Å². The molecule has 27 heavy (non-hydrogen) atoms. The summed E-state index contributed by atoms with van der Waals surface area (Å²) in [5.41, 5.74) is 0.864. The first kappa shape index (κ1) is 19.5. The lowest BCUT2D eigenvalue weighted by atomic mass is 10.2. The van der Waals surface area contributed by atoms with Gasteiger partial charge in [-0.15, -0.1) is 10.2 Å². The number of carbonyl (C=O) groups excluding carboxylic acids is 1. The van der Waals surface area contributed by atoms with Gasteiger partial charge >= 0.3 is 0 Å². The molecule has 0 unspecified atom stereocenters. The summed E-state index contributed by atoms with van der Waals surface area (Å²) in [5, 5.41) is 11.8. The van der Waals surface area contributed by atoms with Gasteiger partial charge in [0.15, 0.2) is 9.84 Å². The third-order valence-electron chi connectivity index (χ3n) is 4.01. The van der Waals surface area contributed by atoms with Gasteiger partial charge in [0.1, 0.15) is 9.75 Å². The number of aromatic nitrogens is 2. The van der Waals surface area contributed by atoms with E-state index in [2.05, 4.69) is 15.5 Å². The predicted molar refractivity (Wildman–Crippen MR) is 107 cm³/mol. The van der Waals surface area contributed by atoms with E-state index in [1.165, 1.54) is 49.4 Å². The highest BCUT2D eigenvalue weighted by atomic mass is 35.5. The molecular weight excluding hydrogens is 406 g/mol. The Hall–Kier alpha value is -2.29. The monoisotopic (exact) mass is 421 g/mol. The minimum absolute atomic E-state index is 0.0225. The van der Waals surface area contributed by atoms with Crippen LogP contribution in [0, 0.1) is 0 Å². The van der Waals surface area contributed by atoms with E-state index in [-0.39, 0.29) is 10.0 Å². The van der Waals surface area contributed by atoms with Crippen LogP contribution in [0.1, 0.15) is 13.8 Å². The van der Waals surface area contributed by atoms with Crippen molar-refractivity contribution in [2.24, 2.45) is 0 Å². The second kappa shape index (κ2) is 7.38. The number of halogens is 1. The van der Waals surface area contributed by atoms with Crippen LogP contribution >= 0.6 is 22.9 Å². The molecule has 0 aliphatic carbocycles. The van der Waals surface area contributed by atoms with Crippen molar-refractivity contribution < 1.29 is 13.2 Å². The average molecular weight is 422 g/mol. The molecule has 0 fully saturated rings. The number of rotatable bonds is 5. The van der Waals surface area contributed by atoms with E-state index >= 15 is 0 Å². The quantitative estimate of drug-likeness (QED) is 0.671. The first-order valence-corrected chi connectivity index (χ1v) is 10.6. The summed E-state index contributed by atoms with van der Waals surface area (Å²) in [4.78, 5) is 12.7. The molecule has 9 heteroatoms. The Labute approximate surface area is 166 Å². The summed E-state index contributed by atoms with van der Waals surface area (Å²) in [6.45, 7) is 2.71. The van der Waals surface area contributed by atoms with Gasteiger partial charge in [0.25, 0.3) is 0 Å². The van der Waals surface area contributed by atoms with Gasteiger partial charge in [-0.1, -0.05) is 53.3 Å². The van der Waals surface area contributed by atoms with Crippen molar-refractivity contribution in [1.82, 2.24) is 10.2 Å². The molecule has 0 radical (unpaired) electrons. The average Bonchev–Trinajstić information content (AvgIpc) is 3.11. The highest BCUT2D eigenvalue weighted by Crippen LogP contribution is 2.30. The number of benzene rings is 2. The van der Waals surface area contributed by atoms with E-state index in [0.717, 1.165) is 5.56 Å². The van der Waals surface area contributed by atoms with E-state index in [0.29, 0.717) is 10.0 Å². The molecule has 1 amide bonds. The van der Waals surface area contributed by atoms with Crippen LogP contribution in [0.2, 0.25) is 5.02 Å². The van der Waals surface area contributed by atoms with Gasteiger partial charge in [-0.05, 0) is 38.1 Å². The maximum atomic E-state index is 12.9. The molecule has 3 rings (SSSR count). The number of sulfone groups is 1. The zero-order valence-corrected chi connectivity index (χ0v) is 16.9. The number of hydrogen-bond donors (Lipinski definition) is 1. The van der Waals surface area contributed by atoms with Crippen LogP contribution in [0.3, 0.4) is 0 Å². The lowest BCUT2D eigenvalue weighted by molar-refractivity contribution is -0.117. The normalized spacial score (nSPS) is 12.0. The minimum atomic E-state index is -3.93. The number of amides is 1. The summed E-state index contributed by atoms with van der Waals surface area (Å²) in [5.74, 6) is -0.687. The van der Waals surface area contributed by atoms with E-state index in [4.69, 9.17) is 11.6 Å². The number of carbonyl (C=O) groups is 1. The van der Waals surface area contributed by atoms with Crippen molar-refractivity contribution in [1.29, 1.82) is 0 Å². The lowest BCUT2D eigenvalue weighted by Crippen LogP contribution is -2.44. The second-order valence-corrected chi connectivity index (χ2v) is 10.1. The molecule has 1 N–H and O–H groups in total. The molecule has 1 aromatic heterocycles. The van der Waals surface area contributed by atoms with Gasteiger partial charge < -0.3 is 0 Å². The summed E-state index contributed by atoms with van der Waals surface area (Å²) >= 11 is 6.98. The van der Waals surface area contributed by atoms with Crippen LogP contribution in [-0.4, -0.2) is 29.3 Å². The summed E-state index contributed by atoms with van der Waals surface area (Å²) in [6, 6.07) is 15.1. The smallest absolute Gasteiger partial charge is 0.247 e. The predicted octanol–water partition coefficient (Wildman–Crippen LogP) is 4.05. The van der Waals surface area contributed by atoms with Crippen molar-refractivity contribution in [3.8, 4) is 10.6 Å². The Morgan fingerprint density at radius 1 is 1.04 bits per heavy atom. The van der Waals surface area contributed by atoms with Crippen LogP contribution in [0.25, 0.3) is 10.6 Å². The highest BCUT2D eigenvalue weighted by Gasteiger charge is 2.43. The zero-order valence-electron chi connectivity index (χ0n) is 14.5. The SMILES string of the molecule is CC(C)(C(=O)Nc1nnc(-c2ccccc2)s1)S(=O)(=O)c1ccc(Cl)cc1. The van der Waals surface area contributed by atoms with Crippen molar-refractivity contribution in [2.45, 2.75) is 23.5 Å². The van der Waals surface area contributed by atoms with Crippen LogP contribution < -0.4 is 5.32 Å². The molecule has 1 heterocycles. The van der Waals surface area contributed by atoms with Gasteiger partial charge in [0.2, 0.25) is 11.0 Å². The van der Waals surface area contributed by atoms with E-state index < -0.39 is 20.5 Å². The molecule has 6 nitrogen and oxygen atoms in total. The van der Waals surface area contributed by atoms with Gasteiger partial charge in [0.05, 0.1) is 4.90 Å². The van der Waals surface area contributed by atoms with Crippen LogP contribution in [0.4, 0.5) is 5.13 Å². The standard InChI is InChI=1S/C18H16ClN3O3S2/c1-18(2,27(24,25)14-10-8-13(19)9-11-14)16(23)20-17-22-21-15(26-17)12-6-4-3-5-7-12/h3-11H,1-2H3,(H,20,22,23). The summed E-state index contributed by atoms with van der Waals surface area (Å²) in [6.07, 6.45) is 0. The Balaban J connectivity index is 1.82. The Morgan fingerprint density at radius 3 is 2.30 bits per heavy atom. The van der Waals surface area contributed by atoms with Crippen molar-refractivity contribution >= 4 is 43.8 Å². The van der Waals surface area contributed by atoms with Crippen molar-refractivity contribution in [3.63, 3.8) is 0 Å². The Bertz CT molecular complexity index is 1060. The largest absolute Gasteiger partial charge is 0.299 e. The van der Waals surface area contributed by atoms with E-state index in [1.54, 1.807) is 0 Å². The third kappa shape index (κ3) is 3.87. The fourth-order valence-electron chi connectivity index (χ4n) is 2.25. The molecule has 0 aliphatic rings. The number of anilines is 1. The molecule has 3 aromatic rings. The summed E-state index contributed by atoms with van der Waals surface area (Å²) in [7, 11) is -3.93. The third-order valence-corrected chi connectivity index (χ3v) is 7.57. The second-order valence-electron chi connectivity index (χ2n) is 6.20. The van der Waals surface area contributed by atoms with Gasteiger partial charge in [-0.25, -0.2) is 8.42 Å². The van der Waals surface area contributed by atoms with Gasteiger partial charge in [-0.3, -0.25) is 10.1 Å². The first-order chi connectivity index (χ1) is 12.7. The fourth-order valence-corrected chi connectivity index (χ4v) is 4.50. The zero-order chi connectivity index (χ0) is 19.7. The van der Waals surface area contributed by atoms with Gasteiger partial charge in [0, 0.05) is 10.6 Å². The number of hydrogen-bond acceptors (Lipinski definition) is 6. The molecule has 0 atom stereocenters. The van der Waals surface area contributed by atoms with Crippen molar-refractivity contribution in [3.05, 3.63) is 59.6 Å². The minimum Gasteiger partial charge on any atom is -0.299 e. The molecule has 0 saturated heterocycles. The maximum Gasteiger partial charge on any atom is 0.247 e. The lowest BCUT2D eigenvalue weighted by Gasteiger charge is -2.23. The van der Waals surface area contributed by atoms with Gasteiger partial charge in [-0.2, -0.15) is 0 Å². The molecule has 0 saturated carbocycles. The van der Waals surface area contributed by atoms with E-state index in [1.807, 2.05) is 30.3 Å². The highest BCUT2D eigenvalue weighted by molar-refractivity contribution is 7.93. The van der Waals surface area contributed by atoms with Crippen LogP contribution in [0.15, 0.2) is 59.5 Å².